The number of rotatable bonds is 3. The molecule has 0 unspecified atom stereocenters. The van der Waals surface area contributed by atoms with Gasteiger partial charge in [0, 0.05) is 4.90 Å². The largest absolute Gasteiger partial charge is 0.433 e. The molecule has 6 heteroatoms. The van der Waals surface area contributed by atoms with E-state index < -0.39 is 6.61 Å². The van der Waals surface area contributed by atoms with E-state index in [1.807, 2.05) is 6.26 Å². The molecule has 1 aromatic carbocycles. The van der Waals surface area contributed by atoms with E-state index in [2.05, 4.69) is 4.74 Å². The third-order valence-electron chi connectivity index (χ3n) is 1.45. The van der Waals surface area contributed by atoms with E-state index >= 15 is 0 Å². The second kappa shape index (κ2) is 5.05. The van der Waals surface area contributed by atoms with Gasteiger partial charge >= 0.3 is 6.61 Å². The Morgan fingerprint density at radius 3 is 2.43 bits per heavy atom. The van der Waals surface area contributed by atoms with Crippen LogP contribution in [0.15, 0.2) is 17.0 Å². The average molecular weight is 259 g/mol. The maximum absolute atomic E-state index is 11.9. The van der Waals surface area contributed by atoms with Crippen molar-refractivity contribution in [1.82, 2.24) is 0 Å². The Morgan fingerprint density at radius 2 is 1.93 bits per heavy atom. The van der Waals surface area contributed by atoms with Gasteiger partial charge < -0.3 is 4.74 Å². The van der Waals surface area contributed by atoms with Crippen molar-refractivity contribution in [1.29, 1.82) is 0 Å². The fraction of sp³-hybridized carbons (Fsp3) is 0.250. The lowest BCUT2D eigenvalue weighted by molar-refractivity contribution is -0.0498. The Morgan fingerprint density at radius 1 is 1.29 bits per heavy atom. The molecule has 0 saturated heterocycles. The van der Waals surface area contributed by atoms with Crippen molar-refractivity contribution in [3.63, 3.8) is 0 Å². The van der Waals surface area contributed by atoms with Crippen LogP contribution < -0.4 is 4.74 Å². The summed E-state index contributed by atoms with van der Waals surface area (Å²) in [6, 6.07) is 2.95. The normalized spacial score (nSPS) is 10.7. The van der Waals surface area contributed by atoms with E-state index in [0.717, 1.165) is 4.90 Å². The van der Waals surface area contributed by atoms with Crippen LogP contribution in [0.25, 0.3) is 0 Å². The van der Waals surface area contributed by atoms with Gasteiger partial charge in [-0.15, -0.1) is 11.8 Å². The molecule has 0 fully saturated rings. The van der Waals surface area contributed by atoms with Gasteiger partial charge in [-0.3, -0.25) is 0 Å². The van der Waals surface area contributed by atoms with Crippen LogP contribution >= 0.6 is 35.0 Å². The summed E-state index contributed by atoms with van der Waals surface area (Å²) in [6.45, 7) is -2.90. The molecule has 0 heterocycles. The van der Waals surface area contributed by atoms with Crippen LogP contribution in [0.3, 0.4) is 0 Å². The third-order valence-corrected chi connectivity index (χ3v) is 3.20. The zero-order valence-electron chi connectivity index (χ0n) is 7.06. The quantitative estimate of drug-likeness (QED) is 0.747. The molecule has 14 heavy (non-hydrogen) atoms. The standard InChI is InChI=1S/C8H6Cl2F2OS/c1-14-5-3-2-4(13-8(11)12)6(9)7(5)10/h2-3,8H,1H3. The second-order valence-electron chi connectivity index (χ2n) is 2.27. The molecule has 0 aliphatic carbocycles. The molecular formula is C8H6Cl2F2OS. The molecule has 78 valence electrons. The molecule has 1 rings (SSSR count). The van der Waals surface area contributed by atoms with Gasteiger partial charge in [0.05, 0.1) is 5.02 Å². The fourth-order valence-electron chi connectivity index (χ4n) is 0.859. The first-order valence-electron chi connectivity index (χ1n) is 3.53. The van der Waals surface area contributed by atoms with Gasteiger partial charge in [0.25, 0.3) is 0 Å². The van der Waals surface area contributed by atoms with Crippen molar-refractivity contribution < 1.29 is 13.5 Å². The third kappa shape index (κ3) is 2.65. The summed E-state index contributed by atoms with van der Waals surface area (Å²) < 4.78 is 27.9. The monoisotopic (exact) mass is 258 g/mol. The maximum atomic E-state index is 11.9. The van der Waals surface area contributed by atoms with E-state index in [4.69, 9.17) is 23.2 Å². The van der Waals surface area contributed by atoms with Crippen LogP contribution in [0.5, 0.6) is 5.75 Å². The molecule has 0 aromatic heterocycles. The summed E-state index contributed by atoms with van der Waals surface area (Å²) in [5.41, 5.74) is 0. The maximum Gasteiger partial charge on any atom is 0.387 e. The zero-order chi connectivity index (χ0) is 10.7. The van der Waals surface area contributed by atoms with Gasteiger partial charge in [0.2, 0.25) is 0 Å². The summed E-state index contributed by atoms with van der Waals surface area (Å²) in [5, 5.41) is 0.246. The zero-order valence-corrected chi connectivity index (χ0v) is 9.39. The molecular weight excluding hydrogens is 253 g/mol. The Bertz CT molecular complexity index is 333. The summed E-state index contributed by atoms with van der Waals surface area (Å²) >= 11 is 12.9. The van der Waals surface area contributed by atoms with Crippen molar-refractivity contribution in [3.8, 4) is 5.75 Å². The Labute approximate surface area is 94.3 Å². The molecule has 0 aliphatic rings. The van der Waals surface area contributed by atoms with Crippen LogP contribution in [-0.2, 0) is 0 Å². The van der Waals surface area contributed by atoms with Crippen molar-refractivity contribution in [2.45, 2.75) is 11.5 Å². The molecule has 0 N–H and O–H groups in total. The first-order valence-corrected chi connectivity index (χ1v) is 5.51. The highest BCUT2D eigenvalue weighted by Gasteiger charge is 2.13. The van der Waals surface area contributed by atoms with Gasteiger partial charge in [-0.2, -0.15) is 8.78 Å². The lowest BCUT2D eigenvalue weighted by atomic mass is 10.3. The minimum absolute atomic E-state index is 0.0128. The van der Waals surface area contributed by atoms with E-state index in [0.29, 0.717) is 0 Å². The van der Waals surface area contributed by atoms with Gasteiger partial charge in [0.15, 0.2) is 0 Å². The first-order chi connectivity index (χ1) is 6.56. The first kappa shape index (κ1) is 11.9. The lowest BCUT2D eigenvalue weighted by Gasteiger charge is -2.09. The number of alkyl halides is 2. The summed E-state index contributed by atoms with van der Waals surface area (Å²) in [5.74, 6) is -0.107. The average Bonchev–Trinajstić information content (AvgIpc) is 2.13. The highest BCUT2D eigenvalue weighted by Crippen LogP contribution is 2.38. The predicted molar refractivity (Wildman–Crippen MR) is 54.9 cm³/mol. The number of thioether (sulfide) groups is 1. The van der Waals surface area contributed by atoms with Crippen LogP contribution in [0.4, 0.5) is 8.78 Å². The fourth-order valence-corrected chi connectivity index (χ4v) is 2.00. The van der Waals surface area contributed by atoms with Crippen LogP contribution in [0.2, 0.25) is 10.0 Å². The minimum Gasteiger partial charge on any atom is -0.433 e. The molecule has 0 amide bonds. The Hall–Kier alpha value is -0.190. The summed E-state index contributed by atoms with van der Waals surface area (Å²) in [6.07, 6.45) is 1.81. The van der Waals surface area contributed by atoms with E-state index in [1.165, 1.54) is 17.8 Å². The highest BCUT2D eigenvalue weighted by atomic mass is 35.5. The molecule has 0 aliphatic heterocycles. The SMILES string of the molecule is CSc1ccc(OC(F)F)c(Cl)c1Cl. The van der Waals surface area contributed by atoms with Crippen molar-refractivity contribution >= 4 is 35.0 Å². The van der Waals surface area contributed by atoms with E-state index in [1.54, 1.807) is 6.07 Å². The minimum atomic E-state index is -2.90. The molecule has 1 aromatic rings. The van der Waals surface area contributed by atoms with E-state index in [9.17, 15) is 8.78 Å². The lowest BCUT2D eigenvalue weighted by Crippen LogP contribution is -2.02. The highest BCUT2D eigenvalue weighted by molar-refractivity contribution is 7.98. The van der Waals surface area contributed by atoms with E-state index in [-0.39, 0.29) is 15.8 Å². The van der Waals surface area contributed by atoms with Gasteiger partial charge in [-0.1, -0.05) is 23.2 Å². The molecule has 1 nitrogen and oxygen atoms in total. The van der Waals surface area contributed by atoms with Gasteiger partial charge in [-0.25, -0.2) is 0 Å². The van der Waals surface area contributed by atoms with Gasteiger partial charge in [0.1, 0.15) is 10.8 Å². The second-order valence-corrected chi connectivity index (χ2v) is 3.88. The number of ether oxygens (including phenoxy) is 1. The number of hydrogen-bond acceptors (Lipinski definition) is 2. The smallest absolute Gasteiger partial charge is 0.387 e. The molecule has 0 atom stereocenters. The van der Waals surface area contributed by atoms with Crippen molar-refractivity contribution in [2.75, 3.05) is 6.26 Å². The number of benzene rings is 1. The number of halogens is 4. The summed E-state index contributed by atoms with van der Waals surface area (Å²) in [7, 11) is 0. The molecule has 0 radical (unpaired) electrons. The summed E-state index contributed by atoms with van der Waals surface area (Å²) in [4.78, 5) is 0.721. The van der Waals surface area contributed by atoms with Crippen molar-refractivity contribution in [2.24, 2.45) is 0 Å². The van der Waals surface area contributed by atoms with Crippen LogP contribution in [-0.4, -0.2) is 12.9 Å². The van der Waals surface area contributed by atoms with Crippen LogP contribution in [0, 0.1) is 0 Å². The Balaban J connectivity index is 3.04. The molecule has 0 saturated carbocycles. The number of hydrogen-bond donors (Lipinski definition) is 0. The Kier molecular flexibility index (Phi) is 4.29. The topological polar surface area (TPSA) is 9.23 Å². The molecule has 0 spiro atoms. The molecule has 0 bridgehead atoms. The van der Waals surface area contributed by atoms with Gasteiger partial charge in [-0.05, 0) is 18.4 Å². The predicted octanol–water partition coefficient (Wildman–Crippen LogP) is 4.32. The van der Waals surface area contributed by atoms with Crippen molar-refractivity contribution in [3.05, 3.63) is 22.2 Å². The van der Waals surface area contributed by atoms with Crippen LogP contribution in [0.1, 0.15) is 0 Å².